The second-order valence-electron chi connectivity index (χ2n) is 7.15. The van der Waals surface area contributed by atoms with Gasteiger partial charge >= 0.3 is 5.97 Å². The van der Waals surface area contributed by atoms with E-state index in [1.54, 1.807) is 0 Å². The molecule has 0 heterocycles. The van der Waals surface area contributed by atoms with Gasteiger partial charge in [0, 0.05) is 6.54 Å². The van der Waals surface area contributed by atoms with Crippen LogP contribution in [0.3, 0.4) is 0 Å². The third-order valence-electron chi connectivity index (χ3n) is 4.29. The van der Waals surface area contributed by atoms with Crippen LogP contribution in [0.5, 0.6) is 0 Å². The van der Waals surface area contributed by atoms with Gasteiger partial charge in [-0.3, -0.25) is 9.69 Å². The Morgan fingerprint density at radius 1 is 1.00 bits per heavy atom. The lowest BCUT2D eigenvalue weighted by atomic mass is 9.73. The molecule has 3 nitrogen and oxygen atoms in total. The van der Waals surface area contributed by atoms with Crippen molar-refractivity contribution in [3.05, 3.63) is 0 Å². The van der Waals surface area contributed by atoms with Gasteiger partial charge in [0.25, 0.3) is 0 Å². The highest BCUT2D eigenvalue weighted by atomic mass is 16.5. The number of esters is 1. The van der Waals surface area contributed by atoms with Gasteiger partial charge in [0.05, 0.1) is 5.41 Å². The Hall–Kier alpha value is -0.570. The highest BCUT2D eigenvalue weighted by molar-refractivity contribution is 5.76. The monoisotopic (exact) mass is 329 g/mol. The summed E-state index contributed by atoms with van der Waals surface area (Å²) >= 11 is 0. The summed E-state index contributed by atoms with van der Waals surface area (Å²) in [6, 6.07) is 0. The minimum absolute atomic E-state index is 0.0286. The molecule has 0 aromatic carbocycles. The molecule has 0 rings (SSSR count). The van der Waals surface area contributed by atoms with E-state index in [9.17, 15) is 4.79 Å². The summed E-state index contributed by atoms with van der Waals surface area (Å²) in [6.45, 7) is 22.5. The number of nitrogens with zero attached hydrogens (tertiary/aromatic N) is 1. The molecule has 0 aliphatic heterocycles. The van der Waals surface area contributed by atoms with Crippen LogP contribution in [0.4, 0.5) is 0 Å². The second-order valence-corrected chi connectivity index (χ2v) is 7.15. The molecule has 0 amide bonds. The molecule has 0 aliphatic rings. The number of rotatable bonds is 11. The molecule has 1 unspecified atom stereocenters. The second kappa shape index (κ2) is 13.8. The smallest absolute Gasteiger partial charge is 0.312 e. The van der Waals surface area contributed by atoms with E-state index in [0.29, 0.717) is 18.4 Å². The zero-order valence-electron chi connectivity index (χ0n) is 17.4. The number of carbonyl (C=O) groups excluding carboxylic acids is 1. The molecule has 0 radical (unpaired) electrons. The van der Waals surface area contributed by atoms with Gasteiger partial charge in [-0.2, -0.15) is 0 Å². The molecular formula is C20H43NO2. The fourth-order valence-corrected chi connectivity index (χ4v) is 2.80. The average Bonchev–Trinajstić information content (AvgIpc) is 2.48. The predicted molar refractivity (Wildman–Crippen MR) is 102 cm³/mol. The van der Waals surface area contributed by atoms with Gasteiger partial charge in [-0.15, -0.1) is 0 Å². The first-order chi connectivity index (χ1) is 10.8. The van der Waals surface area contributed by atoms with Crippen LogP contribution in [0.2, 0.25) is 0 Å². The average molecular weight is 330 g/mol. The van der Waals surface area contributed by atoms with Gasteiger partial charge in [0.2, 0.25) is 0 Å². The first-order valence-electron chi connectivity index (χ1n) is 9.67. The van der Waals surface area contributed by atoms with Crippen LogP contribution in [0.15, 0.2) is 0 Å². The molecule has 23 heavy (non-hydrogen) atoms. The molecule has 3 heteroatoms. The van der Waals surface area contributed by atoms with Gasteiger partial charge in [0.15, 0.2) is 0 Å². The quantitative estimate of drug-likeness (QED) is 0.476. The van der Waals surface area contributed by atoms with Crippen LogP contribution in [0, 0.1) is 17.3 Å². The van der Waals surface area contributed by atoms with E-state index in [1.165, 1.54) is 0 Å². The van der Waals surface area contributed by atoms with Crippen LogP contribution in [0.25, 0.3) is 0 Å². The van der Waals surface area contributed by atoms with Crippen molar-refractivity contribution in [1.82, 2.24) is 4.90 Å². The molecule has 1 atom stereocenters. The van der Waals surface area contributed by atoms with Gasteiger partial charge in [-0.1, -0.05) is 55.4 Å². The van der Waals surface area contributed by atoms with E-state index in [2.05, 4.69) is 53.4 Å². The number of ether oxygens (including phenoxy) is 1. The largest absolute Gasteiger partial charge is 0.464 e. The number of carbonyl (C=O) groups is 1. The molecule has 0 spiro atoms. The Morgan fingerprint density at radius 2 is 1.48 bits per heavy atom. The van der Waals surface area contributed by atoms with Crippen molar-refractivity contribution in [1.29, 1.82) is 0 Å². The molecule has 0 aromatic rings. The fourth-order valence-electron chi connectivity index (χ4n) is 2.80. The Balaban J connectivity index is 0. The standard InChI is InChI=1S/C18H37NO2.C2H6/c1-8-10-19(11-9-2)12-13-21-17(20)18(7,16(5)6)14-15(3)4;1-2/h15-16H,8-14H2,1-7H3;1-2H3. The minimum Gasteiger partial charge on any atom is -0.464 e. The molecule has 0 bridgehead atoms. The van der Waals surface area contributed by atoms with E-state index in [1.807, 2.05) is 13.8 Å². The fraction of sp³-hybridized carbons (Fsp3) is 0.950. The number of hydrogen-bond acceptors (Lipinski definition) is 3. The lowest BCUT2D eigenvalue weighted by molar-refractivity contribution is -0.159. The lowest BCUT2D eigenvalue weighted by Crippen LogP contribution is -2.38. The summed E-state index contributed by atoms with van der Waals surface area (Å²) in [4.78, 5) is 14.9. The summed E-state index contributed by atoms with van der Waals surface area (Å²) in [5.74, 6) is 0.774. The maximum absolute atomic E-state index is 12.5. The topological polar surface area (TPSA) is 29.5 Å². The van der Waals surface area contributed by atoms with Crippen molar-refractivity contribution in [3.8, 4) is 0 Å². The van der Waals surface area contributed by atoms with Crippen molar-refractivity contribution in [2.45, 2.75) is 81.6 Å². The van der Waals surface area contributed by atoms with Crippen molar-refractivity contribution in [2.75, 3.05) is 26.2 Å². The van der Waals surface area contributed by atoms with Crippen molar-refractivity contribution >= 4 is 5.97 Å². The number of hydrogen-bond donors (Lipinski definition) is 0. The molecule has 0 saturated heterocycles. The summed E-state index contributed by atoms with van der Waals surface area (Å²) in [5, 5.41) is 0. The molecule has 0 saturated carbocycles. The summed E-state index contributed by atoms with van der Waals surface area (Å²) in [6.07, 6.45) is 3.17. The lowest BCUT2D eigenvalue weighted by Gasteiger charge is -2.33. The highest BCUT2D eigenvalue weighted by Crippen LogP contribution is 2.35. The van der Waals surface area contributed by atoms with Crippen molar-refractivity contribution in [3.63, 3.8) is 0 Å². The van der Waals surface area contributed by atoms with Gasteiger partial charge in [0.1, 0.15) is 6.61 Å². The zero-order chi connectivity index (χ0) is 18.5. The predicted octanol–water partition coefficient (Wildman–Crippen LogP) is 5.39. The molecule has 140 valence electrons. The third kappa shape index (κ3) is 10.0. The summed E-state index contributed by atoms with van der Waals surface area (Å²) in [5.41, 5.74) is -0.367. The van der Waals surface area contributed by atoms with Gasteiger partial charge < -0.3 is 4.74 Å². The molecule has 0 fully saturated rings. The highest BCUT2D eigenvalue weighted by Gasteiger charge is 2.38. The normalized spacial score (nSPS) is 13.7. The molecule has 0 N–H and O–H groups in total. The van der Waals surface area contributed by atoms with E-state index in [-0.39, 0.29) is 11.4 Å². The zero-order valence-corrected chi connectivity index (χ0v) is 17.4. The van der Waals surface area contributed by atoms with Crippen LogP contribution in [-0.4, -0.2) is 37.1 Å². The Labute approximate surface area is 146 Å². The van der Waals surface area contributed by atoms with Crippen LogP contribution in [-0.2, 0) is 9.53 Å². The summed E-state index contributed by atoms with van der Waals surface area (Å²) < 4.78 is 5.61. The maximum atomic E-state index is 12.5. The first kappa shape index (κ1) is 24.7. The van der Waals surface area contributed by atoms with Gasteiger partial charge in [-0.05, 0) is 51.1 Å². The minimum atomic E-state index is -0.367. The van der Waals surface area contributed by atoms with Crippen LogP contribution in [0.1, 0.15) is 81.6 Å². The van der Waals surface area contributed by atoms with E-state index in [4.69, 9.17) is 4.74 Å². The molecule has 0 aliphatic carbocycles. The van der Waals surface area contributed by atoms with Gasteiger partial charge in [-0.25, -0.2) is 0 Å². The molecule has 0 aromatic heterocycles. The first-order valence-corrected chi connectivity index (χ1v) is 9.67. The van der Waals surface area contributed by atoms with E-state index >= 15 is 0 Å². The Bertz CT molecular complexity index is 283. The third-order valence-corrected chi connectivity index (χ3v) is 4.29. The van der Waals surface area contributed by atoms with Crippen molar-refractivity contribution < 1.29 is 9.53 Å². The van der Waals surface area contributed by atoms with Crippen LogP contribution >= 0.6 is 0 Å². The molecular weight excluding hydrogens is 286 g/mol. The van der Waals surface area contributed by atoms with Crippen molar-refractivity contribution in [2.24, 2.45) is 17.3 Å². The van der Waals surface area contributed by atoms with Crippen LogP contribution < -0.4 is 0 Å². The summed E-state index contributed by atoms with van der Waals surface area (Å²) in [7, 11) is 0. The Morgan fingerprint density at radius 3 is 1.83 bits per heavy atom. The van der Waals surface area contributed by atoms with E-state index < -0.39 is 0 Å². The SMILES string of the molecule is CC.CCCN(CCC)CCOC(=O)C(C)(CC(C)C)C(C)C. The van der Waals surface area contributed by atoms with E-state index in [0.717, 1.165) is 38.9 Å². The maximum Gasteiger partial charge on any atom is 0.312 e. The Kier molecular flexibility index (Phi) is 14.8.